The number of hydrogen-bond acceptors (Lipinski definition) is 4. The molecule has 0 amide bonds. The predicted molar refractivity (Wildman–Crippen MR) is 93.4 cm³/mol. The summed E-state index contributed by atoms with van der Waals surface area (Å²) in [6, 6.07) is 7.27. The summed E-state index contributed by atoms with van der Waals surface area (Å²) in [6.07, 6.45) is 2.07. The van der Waals surface area contributed by atoms with Crippen LogP contribution in [-0.4, -0.2) is 50.4 Å². The van der Waals surface area contributed by atoms with Gasteiger partial charge in [0, 0.05) is 19.7 Å². The number of sulfone groups is 1. The molecule has 0 aromatic heterocycles. The zero-order chi connectivity index (χ0) is 17.1. The summed E-state index contributed by atoms with van der Waals surface area (Å²) in [6.45, 7) is 8.81. The molecule has 1 aliphatic rings. The van der Waals surface area contributed by atoms with Crippen LogP contribution in [-0.2, 0) is 15.3 Å². The number of likely N-dealkylation sites (tertiary alicyclic amines) is 1. The van der Waals surface area contributed by atoms with Crippen LogP contribution < -0.4 is 0 Å². The second-order valence-electron chi connectivity index (χ2n) is 7.58. The first-order valence-electron chi connectivity index (χ1n) is 8.39. The zero-order valence-corrected chi connectivity index (χ0v) is 15.3. The summed E-state index contributed by atoms with van der Waals surface area (Å²) in [4.78, 5) is 2.56. The molecule has 1 aliphatic heterocycles. The largest absolute Gasteiger partial charge is 0.396 e. The van der Waals surface area contributed by atoms with Gasteiger partial charge < -0.3 is 10.0 Å². The Balaban J connectivity index is 1.99. The number of aliphatic hydroxyl groups is 1. The molecule has 0 spiro atoms. The van der Waals surface area contributed by atoms with Crippen molar-refractivity contribution in [2.45, 2.75) is 43.9 Å². The number of rotatable bonds is 5. The van der Waals surface area contributed by atoms with Crippen molar-refractivity contribution in [2.75, 3.05) is 32.0 Å². The molecule has 1 heterocycles. The molecule has 1 unspecified atom stereocenters. The lowest BCUT2D eigenvalue weighted by Crippen LogP contribution is -2.39. The van der Waals surface area contributed by atoms with Crippen LogP contribution in [0.1, 0.15) is 39.2 Å². The number of aliphatic hydroxyl groups excluding tert-OH is 1. The molecule has 1 fully saturated rings. The minimum atomic E-state index is -3.25. The maximum atomic E-state index is 12.5. The number of nitrogens with zero attached hydrogens (tertiary/aromatic N) is 1. The first-order valence-corrected chi connectivity index (χ1v) is 10.0. The van der Waals surface area contributed by atoms with Gasteiger partial charge in [0.25, 0.3) is 0 Å². The van der Waals surface area contributed by atoms with Gasteiger partial charge in [-0.05, 0) is 48.4 Å². The molecule has 0 bridgehead atoms. The highest BCUT2D eigenvalue weighted by Crippen LogP contribution is 2.24. The van der Waals surface area contributed by atoms with Gasteiger partial charge in [-0.2, -0.15) is 0 Å². The molecule has 130 valence electrons. The molecule has 1 N–H and O–H groups in total. The summed E-state index contributed by atoms with van der Waals surface area (Å²) in [5.74, 6) is 0.428. The lowest BCUT2D eigenvalue weighted by atomic mass is 9.87. The first kappa shape index (κ1) is 18.4. The van der Waals surface area contributed by atoms with Crippen molar-refractivity contribution >= 4 is 9.84 Å². The molecule has 4 nitrogen and oxygen atoms in total. The second-order valence-corrected chi connectivity index (χ2v) is 9.69. The van der Waals surface area contributed by atoms with E-state index < -0.39 is 9.84 Å². The third kappa shape index (κ3) is 5.03. The molecule has 23 heavy (non-hydrogen) atoms. The molecule has 2 rings (SSSR count). The average molecular weight is 340 g/mol. The van der Waals surface area contributed by atoms with Crippen molar-refractivity contribution in [2.24, 2.45) is 5.92 Å². The quantitative estimate of drug-likeness (QED) is 0.895. The summed E-state index contributed by atoms with van der Waals surface area (Å²) in [7, 11) is -3.25. The molecule has 0 radical (unpaired) electrons. The van der Waals surface area contributed by atoms with E-state index in [9.17, 15) is 13.5 Å². The monoisotopic (exact) mass is 339 g/mol. The smallest absolute Gasteiger partial charge is 0.179 e. The fourth-order valence-corrected chi connectivity index (χ4v) is 4.32. The van der Waals surface area contributed by atoms with E-state index in [2.05, 4.69) is 25.7 Å². The second kappa shape index (κ2) is 7.32. The van der Waals surface area contributed by atoms with Gasteiger partial charge in [0.1, 0.15) is 0 Å². The topological polar surface area (TPSA) is 57.6 Å². The van der Waals surface area contributed by atoms with Crippen LogP contribution in [0, 0.1) is 5.92 Å². The number of piperidine rings is 1. The first-order chi connectivity index (χ1) is 10.7. The van der Waals surface area contributed by atoms with Crippen molar-refractivity contribution in [1.29, 1.82) is 0 Å². The van der Waals surface area contributed by atoms with Gasteiger partial charge in [0.2, 0.25) is 0 Å². The fourth-order valence-electron chi connectivity index (χ4n) is 3.03. The summed E-state index contributed by atoms with van der Waals surface area (Å²) in [5.41, 5.74) is 1.16. The maximum Gasteiger partial charge on any atom is 0.179 e. The SMILES string of the molecule is CC(C)(C)c1ccc(S(=O)(=O)CCN2CCCC(CO)C2)cc1. The Hall–Kier alpha value is -0.910. The van der Waals surface area contributed by atoms with Crippen LogP contribution in [0.5, 0.6) is 0 Å². The summed E-state index contributed by atoms with van der Waals surface area (Å²) < 4.78 is 25.0. The highest BCUT2D eigenvalue weighted by Gasteiger charge is 2.22. The van der Waals surface area contributed by atoms with Gasteiger partial charge in [-0.3, -0.25) is 0 Å². The normalized spacial score (nSPS) is 20.6. The third-order valence-corrected chi connectivity index (χ3v) is 6.33. The molecular formula is C18H29NO3S. The van der Waals surface area contributed by atoms with E-state index in [4.69, 9.17) is 0 Å². The maximum absolute atomic E-state index is 12.5. The van der Waals surface area contributed by atoms with Crippen LogP contribution in [0.4, 0.5) is 0 Å². The van der Waals surface area contributed by atoms with Crippen molar-refractivity contribution in [3.63, 3.8) is 0 Å². The highest BCUT2D eigenvalue weighted by atomic mass is 32.2. The Bertz CT molecular complexity index is 602. The fraction of sp³-hybridized carbons (Fsp3) is 0.667. The minimum Gasteiger partial charge on any atom is -0.396 e. The Kier molecular flexibility index (Phi) is 5.87. The van der Waals surface area contributed by atoms with Crippen LogP contribution in [0.15, 0.2) is 29.2 Å². The molecule has 1 aromatic rings. The predicted octanol–water partition coefficient (Wildman–Crippen LogP) is 2.46. The molecular weight excluding hydrogens is 310 g/mol. The minimum absolute atomic E-state index is 0.0232. The molecule has 0 aliphatic carbocycles. The molecule has 1 saturated heterocycles. The van der Waals surface area contributed by atoms with Gasteiger partial charge in [-0.15, -0.1) is 0 Å². The van der Waals surface area contributed by atoms with Crippen molar-refractivity contribution in [1.82, 2.24) is 4.90 Å². The molecule has 1 aromatic carbocycles. The Morgan fingerprint density at radius 3 is 2.43 bits per heavy atom. The highest BCUT2D eigenvalue weighted by molar-refractivity contribution is 7.91. The standard InChI is InChI=1S/C18H29NO3S/c1-18(2,3)16-6-8-17(9-7-16)23(21,22)12-11-19-10-4-5-15(13-19)14-20/h6-9,15,20H,4-5,10-14H2,1-3H3. The summed E-state index contributed by atoms with van der Waals surface area (Å²) in [5, 5.41) is 9.26. The number of hydrogen-bond donors (Lipinski definition) is 1. The number of benzene rings is 1. The van der Waals surface area contributed by atoms with E-state index in [1.54, 1.807) is 12.1 Å². The lowest BCUT2D eigenvalue weighted by Gasteiger charge is -2.31. The van der Waals surface area contributed by atoms with Gasteiger partial charge >= 0.3 is 0 Å². The summed E-state index contributed by atoms with van der Waals surface area (Å²) >= 11 is 0. The van der Waals surface area contributed by atoms with E-state index in [1.165, 1.54) is 0 Å². The van der Waals surface area contributed by atoms with E-state index in [-0.39, 0.29) is 23.7 Å². The van der Waals surface area contributed by atoms with Crippen molar-refractivity contribution < 1.29 is 13.5 Å². The zero-order valence-electron chi connectivity index (χ0n) is 14.5. The van der Waals surface area contributed by atoms with Gasteiger partial charge in [0.15, 0.2) is 9.84 Å². The van der Waals surface area contributed by atoms with Crippen molar-refractivity contribution in [3.8, 4) is 0 Å². The lowest BCUT2D eigenvalue weighted by molar-refractivity contribution is 0.125. The van der Waals surface area contributed by atoms with Gasteiger partial charge in [-0.25, -0.2) is 8.42 Å². The van der Waals surface area contributed by atoms with Crippen molar-refractivity contribution in [3.05, 3.63) is 29.8 Å². The molecule has 0 saturated carbocycles. The molecule has 5 heteroatoms. The van der Waals surface area contributed by atoms with Crippen LogP contribution in [0.25, 0.3) is 0 Å². The van der Waals surface area contributed by atoms with Crippen LogP contribution in [0.2, 0.25) is 0 Å². The molecule has 1 atom stereocenters. The van der Waals surface area contributed by atoms with E-state index in [0.29, 0.717) is 11.4 Å². The Labute approximate surface area is 140 Å². The van der Waals surface area contributed by atoms with Gasteiger partial charge in [0.05, 0.1) is 10.6 Å². The van der Waals surface area contributed by atoms with Gasteiger partial charge in [-0.1, -0.05) is 32.9 Å². The van der Waals surface area contributed by atoms with E-state index >= 15 is 0 Å². The van der Waals surface area contributed by atoms with E-state index in [0.717, 1.165) is 31.5 Å². The van der Waals surface area contributed by atoms with Crippen LogP contribution in [0.3, 0.4) is 0 Å². The third-order valence-electron chi connectivity index (χ3n) is 4.62. The average Bonchev–Trinajstić information content (AvgIpc) is 2.52. The Morgan fingerprint density at radius 2 is 1.87 bits per heavy atom. The van der Waals surface area contributed by atoms with E-state index in [1.807, 2.05) is 12.1 Å². The Morgan fingerprint density at radius 1 is 1.22 bits per heavy atom. The van der Waals surface area contributed by atoms with Crippen LogP contribution >= 0.6 is 0 Å².